The third kappa shape index (κ3) is 11.8. The van der Waals surface area contributed by atoms with Crippen LogP contribution in [-0.4, -0.2) is 90.1 Å². The van der Waals surface area contributed by atoms with Crippen LogP contribution in [0.2, 0.25) is 0 Å². The van der Waals surface area contributed by atoms with Gasteiger partial charge in [-0.2, -0.15) is 0 Å². The van der Waals surface area contributed by atoms with E-state index in [1.807, 2.05) is 20.8 Å². The molecule has 13 heteroatoms. The van der Waals surface area contributed by atoms with Crippen LogP contribution in [0.1, 0.15) is 127 Å². The van der Waals surface area contributed by atoms with Crippen LogP contribution in [0.5, 0.6) is 0 Å². The van der Waals surface area contributed by atoms with E-state index in [9.17, 15) is 32.4 Å². The van der Waals surface area contributed by atoms with Gasteiger partial charge in [-0.3, -0.25) is 19.2 Å². The van der Waals surface area contributed by atoms with E-state index < -0.39 is 73.2 Å². The molecule has 0 bridgehead atoms. The van der Waals surface area contributed by atoms with Gasteiger partial charge in [0.1, 0.15) is 12.1 Å². The lowest BCUT2D eigenvalue weighted by molar-refractivity contribution is -0.145. The lowest BCUT2D eigenvalue weighted by Crippen LogP contribution is -2.64. The summed E-state index contributed by atoms with van der Waals surface area (Å²) in [6.45, 7) is 18.0. The Morgan fingerprint density at radius 1 is 0.848 bits per heavy atom. The molecule has 1 unspecified atom stereocenters. The molecule has 46 heavy (non-hydrogen) atoms. The Morgan fingerprint density at radius 3 is 1.91 bits per heavy atom. The minimum atomic E-state index is -3.56. The van der Waals surface area contributed by atoms with Crippen molar-refractivity contribution in [2.45, 2.75) is 155 Å². The summed E-state index contributed by atoms with van der Waals surface area (Å²) in [5.74, 6) is -2.75. The average Bonchev–Trinajstić information content (AvgIpc) is 2.94. The molecule has 1 aliphatic carbocycles. The monoisotopic (exact) mass is 671 g/mol. The van der Waals surface area contributed by atoms with Crippen LogP contribution in [0.3, 0.4) is 0 Å². The minimum absolute atomic E-state index is 0.196. The van der Waals surface area contributed by atoms with Crippen molar-refractivity contribution in [2.24, 2.45) is 5.41 Å². The predicted molar refractivity (Wildman–Crippen MR) is 181 cm³/mol. The highest BCUT2D eigenvalue weighted by Gasteiger charge is 2.44. The third-order valence-corrected chi connectivity index (χ3v) is 11.3. The van der Waals surface area contributed by atoms with Crippen molar-refractivity contribution >= 4 is 39.4 Å². The van der Waals surface area contributed by atoms with Crippen molar-refractivity contribution in [1.82, 2.24) is 26.2 Å². The first-order valence-electron chi connectivity index (χ1n) is 16.9. The van der Waals surface area contributed by atoms with Crippen LogP contribution in [0.25, 0.3) is 0 Å². The van der Waals surface area contributed by atoms with Gasteiger partial charge in [0.25, 0.3) is 5.91 Å². The van der Waals surface area contributed by atoms with Crippen molar-refractivity contribution in [3.8, 4) is 0 Å². The molecule has 5 amide bonds. The van der Waals surface area contributed by atoms with E-state index in [-0.39, 0.29) is 18.7 Å². The summed E-state index contributed by atoms with van der Waals surface area (Å²) in [6.07, 6.45) is 5.52. The first-order valence-corrected chi connectivity index (χ1v) is 18.6. The van der Waals surface area contributed by atoms with E-state index in [2.05, 4.69) is 21.3 Å². The van der Waals surface area contributed by atoms with Gasteiger partial charge in [-0.05, 0) is 65.2 Å². The van der Waals surface area contributed by atoms with Crippen LogP contribution in [0, 0.1) is 5.41 Å². The van der Waals surface area contributed by atoms with E-state index in [0.717, 1.165) is 19.3 Å². The zero-order chi connectivity index (χ0) is 35.5. The maximum absolute atomic E-state index is 14.1. The van der Waals surface area contributed by atoms with Crippen LogP contribution < -0.4 is 21.3 Å². The van der Waals surface area contributed by atoms with Crippen molar-refractivity contribution in [1.29, 1.82) is 0 Å². The van der Waals surface area contributed by atoms with Crippen LogP contribution >= 0.6 is 0 Å². The highest BCUT2D eigenvalue weighted by atomic mass is 32.2. The van der Waals surface area contributed by atoms with E-state index in [4.69, 9.17) is 0 Å². The van der Waals surface area contributed by atoms with Gasteiger partial charge in [-0.1, -0.05) is 67.2 Å². The second-order valence-corrected chi connectivity index (χ2v) is 17.5. The number of rotatable bonds is 16. The highest BCUT2D eigenvalue weighted by Crippen LogP contribution is 2.33. The molecule has 0 aromatic carbocycles. The Morgan fingerprint density at radius 2 is 1.43 bits per heavy atom. The molecule has 1 rings (SSSR count). The molecule has 0 spiro atoms. The van der Waals surface area contributed by atoms with Gasteiger partial charge in [-0.25, -0.2) is 13.2 Å². The van der Waals surface area contributed by atoms with Gasteiger partial charge < -0.3 is 26.2 Å². The molecule has 1 saturated carbocycles. The predicted octanol–water partition coefficient (Wildman–Crippen LogP) is 3.62. The van der Waals surface area contributed by atoms with Crippen LogP contribution in [0.15, 0.2) is 0 Å². The van der Waals surface area contributed by atoms with Gasteiger partial charge in [-0.15, -0.1) is 0 Å². The third-order valence-electron chi connectivity index (χ3n) is 8.54. The number of Topliss-reactive ketones (excluding diaryl/α,β-unsaturated/α-hetero) is 1. The van der Waals surface area contributed by atoms with E-state index in [0.29, 0.717) is 38.6 Å². The van der Waals surface area contributed by atoms with Gasteiger partial charge in [0, 0.05) is 13.1 Å². The van der Waals surface area contributed by atoms with Crippen LogP contribution in [0.4, 0.5) is 4.79 Å². The summed E-state index contributed by atoms with van der Waals surface area (Å²) < 4.78 is 25.5. The molecule has 4 N–H and O–H groups in total. The molecule has 0 aromatic heterocycles. The molecule has 0 aliphatic heterocycles. The fourth-order valence-corrected chi connectivity index (χ4v) is 7.07. The number of hydrogen-bond donors (Lipinski definition) is 4. The molecule has 3 atom stereocenters. The zero-order valence-corrected chi connectivity index (χ0v) is 30.7. The fraction of sp³-hybridized carbons (Fsp3) is 0.848. The van der Waals surface area contributed by atoms with Gasteiger partial charge in [0.2, 0.25) is 17.6 Å². The average molecular weight is 672 g/mol. The normalized spacial score (nSPS) is 17.2. The number of hydrogen-bond acceptors (Lipinski definition) is 7. The molecule has 0 saturated heterocycles. The maximum Gasteiger partial charge on any atom is 0.315 e. The lowest BCUT2D eigenvalue weighted by Gasteiger charge is -2.41. The summed E-state index contributed by atoms with van der Waals surface area (Å²) in [5.41, 5.74) is -1.73. The number of amides is 5. The number of ketones is 1. The first kappa shape index (κ1) is 41.3. The first-order chi connectivity index (χ1) is 21.2. The molecule has 1 fully saturated rings. The number of carbonyl (C=O) groups is 5. The molecular formula is C33H61N5O7S. The summed E-state index contributed by atoms with van der Waals surface area (Å²) in [5, 5.41) is 11.0. The minimum Gasteiger partial charge on any atom is -0.349 e. The second kappa shape index (κ2) is 17.5. The topological polar surface area (TPSA) is 171 Å². The summed E-state index contributed by atoms with van der Waals surface area (Å²) in [4.78, 5) is 67.7. The van der Waals surface area contributed by atoms with Crippen molar-refractivity contribution in [3.63, 3.8) is 0 Å². The zero-order valence-electron chi connectivity index (χ0n) is 29.9. The highest BCUT2D eigenvalue weighted by molar-refractivity contribution is 7.92. The second-order valence-electron chi connectivity index (χ2n) is 14.8. The number of nitrogens with one attached hydrogen (secondary N) is 4. The molecule has 0 heterocycles. The Hall–Kier alpha value is -2.70. The van der Waals surface area contributed by atoms with Crippen molar-refractivity contribution in [3.05, 3.63) is 0 Å². The van der Waals surface area contributed by atoms with Crippen LogP contribution in [-0.2, 0) is 29.0 Å². The van der Waals surface area contributed by atoms with Gasteiger partial charge in [0.05, 0.1) is 22.1 Å². The summed E-state index contributed by atoms with van der Waals surface area (Å²) >= 11 is 0. The quantitative estimate of drug-likeness (QED) is 0.182. The smallest absolute Gasteiger partial charge is 0.315 e. The fourth-order valence-electron chi connectivity index (χ4n) is 5.55. The Balaban J connectivity index is 3.26. The Kier molecular flexibility index (Phi) is 15.7. The van der Waals surface area contributed by atoms with Gasteiger partial charge >= 0.3 is 6.03 Å². The molecule has 266 valence electrons. The molecular weight excluding hydrogens is 610 g/mol. The summed E-state index contributed by atoms with van der Waals surface area (Å²) in [7, 11) is -3.56. The van der Waals surface area contributed by atoms with E-state index >= 15 is 0 Å². The van der Waals surface area contributed by atoms with E-state index in [1.54, 1.807) is 48.5 Å². The molecule has 0 aromatic rings. The number of urea groups is 1. The van der Waals surface area contributed by atoms with E-state index in [1.165, 1.54) is 4.90 Å². The van der Waals surface area contributed by atoms with Crippen molar-refractivity contribution in [2.75, 3.05) is 18.8 Å². The van der Waals surface area contributed by atoms with Crippen molar-refractivity contribution < 1.29 is 32.4 Å². The lowest BCUT2D eigenvalue weighted by atomic mass is 9.83. The Labute approximate surface area is 277 Å². The number of nitrogens with zero attached hydrogens (tertiary/aromatic N) is 1. The standard InChI is InChI=1S/C33H61N5O7S/c1-11-17-24(25(39)28(41)34-20-12-2)35-27(40)23(4)38(21-13-3)29(42)26(31(5,6)7)36-30(43)37-33(18-15-14-16-19-33)22-46(44,45)32(8,9)10/h23-24,26H,11-22H2,1-10H3,(H,34,41)(H,35,40)(H2,36,37,43)/t23-,24?,26+/m0/s1. The SMILES string of the molecule is CCCNC(=O)C(=O)C(CCC)NC(=O)[C@H](C)N(CCC)C(=O)[C@@H](NC(=O)NC1(CS(=O)(=O)C(C)(C)C)CCCCC1)C(C)(C)C. The molecule has 1 aliphatic rings. The largest absolute Gasteiger partial charge is 0.349 e. The molecule has 12 nitrogen and oxygen atoms in total. The Bertz CT molecular complexity index is 1170. The number of sulfone groups is 1. The maximum atomic E-state index is 14.1. The van der Waals surface area contributed by atoms with Gasteiger partial charge in [0.15, 0.2) is 9.84 Å². The summed E-state index contributed by atoms with van der Waals surface area (Å²) in [6, 6.07) is -3.73. The number of carbonyl (C=O) groups excluding carboxylic acids is 5. The molecule has 0 radical (unpaired) electrons.